The Hall–Kier alpha value is -3.16. The lowest BCUT2D eigenvalue weighted by Crippen LogP contribution is -2.35. The van der Waals surface area contributed by atoms with E-state index >= 15 is 0 Å². The van der Waals surface area contributed by atoms with Crippen LogP contribution < -0.4 is 0 Å². The van der Waals surface area contributed by atoms with Crippen LogP contribution in [-0.4, -0.2) is 63.2 Å². The number of carbonyl (C=O) groups excluding carboxylic acids is 2. The molecule has 0 bridgehead atoms. The second-order valence-corrected chi connectivity index (χ2v) is 8.26. The number of rotatable bonds is 5. The molecule has 7 nitrogen and oxygen atoms in total. The summed E-state index contributed by atoms with van der Waals surface area (Å²) in [7, 11) is 3.80. The monoisotopic (exact) mass is 438 g/mol. The smallest absolute Gasteiger partial charge is 0.295 e. The Bertz CT molecular complexity index is 1200. The molecular weight excluding hydrogens is 416 g/mol. The molecule has 1 N–H and O–H groups in total. The van der Waals surface area contributed by atoms with Gasteiger partial charge in [-0.05, 0) is 50.8 Å². The second-order valence-electron chi connectivity index (χ2n) is 7.82. The van der Waals surface area contributed by atoms with Crippen LogP contribution in [0.3, 0.4) is 0 Å². The Balaban J connectivity index is 1.92. The van der Waals surface area contributed by atoms with Crippen molar-refractivity contribution in [3.63, 3.8) is 0 Å². The van der Waals surface area contributed by atoms with Gasteiger partial charge in [0.2, 0.25) is 0 Å². The number of likely N-dealkylation sites (N-methyl/N-ethyl adjacent to an activating group) is 1. The number of carbonyl (C=O) groups is 2. The summed E-state index contributed by atoms with van der Waals surface area (Å²) in [6.45, 7) is 2.68. The van der Waals surface area contributed by atoms with Crippen LogP contribution in [0.15, 0.2) is 54.2 Å². The zero-order chi connectivity index (χ0) is 22.3. The Labute approximate surface area is 185 Å². The SMILES string of the molecule is Cc1nc2ccccn2c1/C(O)=C1\C(=O)C(=O)N(CCN(C)C)[C@H]1c1ccc(Cl)cc1. The highest BCUT2D eigenvalue weighted by Gasteiger charge is 2.46. The highest BCUT2D eigenvalue weighted by Crippen LogP contribution is 2.40. The van der Waals surface area contributed by atoms with Crippen molar-refractivity contribution in [2.24, 2.45) is 0 Å². The van der Waals surface area contributed by atoms with Gasteiger partial charge in [-0.25, -0.2) is 4.98 Å². The number of Topliss-reactive ketones (excluding diaryl/α,β-unsaturated/α-hetero) is 1. The van der Waals surface area contributed by atoms with Gasteiger partial charge < -0.3 is 14.9 Å². The molecule has 4 rings (SSSR count). The summed E-state index contributed by atoms with van der Waals surface area (Å²) in [5.74, 6) is -1.57. The Morgan fingerprint density at radius 3 is 2.55 bits per heavy atom. The molecule has 3 heterocycles. The quantitative estimate of drug-likeness (QED) is 0.376. The molecule has 1 amide bonds. The van der Waals surface area contributed by atoms with Gasteiger partial charge in [0.15, 0.2) is 5.76 Å². The molecule has 3 aromatic rings. The molecule has 1 aromatic carbocycles. The maximum absolute atomic E-state index is 13.1. The number of aliphatic hydroxyl groups is 1. The zero-order valence-corrected chi connectivity index (χ0v) is 18.3. The van der Waals surface area contributed by atoms with Crippen LogP contribution in [0.4, 0.5) is 0 Å². The van der Waals surface area contributed by atoms with Gasteiger partial charge in [0.25, 0.3) is 11.7 Å². The number of ketones is 1. The van der Waals surface area contributed by atoms with Crippen molar-refractivity contribution in [1.29, 1.82) is 0 Å². The van der Waals surface area contributed by atoms with Crippen molar-refractivity contribution < 1.29 is 14.7 Å². The van der Waals surface area contributed by atoms with E-state index in [0.29, 0.717) is 40.7 Å². The summed E-state index contributed by atoms with van der Waals surface area (Å²) in [6.07, 6.45) is 1.77. The topological polar surface area (TPSA) is 78.1 Å². The maximum atomic E-state index is 13.1. The Kier molecular flexibility index (Phi) is 5.56. The van der Waals surface area contributed by atoms with Gasteiger partial charge >= 0.3 is 0 Å². The number of aliphatic hydroxyl groups excluding tert-OH is 1. The first-order chi connectivity index (χ1) is 14.8. The molecule has 2 aromatic heterocycles. The third-order valence-corrected chi connectivity index (χ3v) is 5.69. The minimum absolute atomic E-state index is 0.0554. The van der Waals surface area contributed by atoms with Gasteiger partial charge in [-0.15, -0.1) is 0 Å². The molecule has 1 aliphatic heterocycles. The van der Waals surface area contributed by atoms with Crippen LogP contribution in [0.2, 0.25) is 5.02 Å². The predicted molar refractivity (Wildman–Crippen MR) is 119 cm³/mol. The van der Waals surface area contributed by atoms with E-state index < -0.39 is 17.7 Å². The van der Waals surface area contributed by atoms with Crippen LogP contribution in [0.25, 0.3) is 11.4 Å². The third kappa shape index (κ3) is 3.71. The zero-order valence-electron chi connectivity index (χ0n) is 17.5. The first-order valence-corrected chi connectivity index (χ1v) is 10.3. The molecule has 1 saturated heterocycles. The van der Waals surface area contributed by atoms with Crippen LogP contribution in [0.5, 0.6) is 0 Å². The highest BCUT2D eigenvalue weighted by atomic mass is 35.5. The average Bonchev–Trinajstić information content (AvgIpc) is 3.20. The molecule has 0 unspecified atom stereocenters. The van der Waals surface area contributed by atoms with Gasteiger partial charge in [-0.3, -0.25) is 14.0 Å². The number of aromatic nitrogens is 2. The summed E-state index contributed by atoms with van der Waals surface area (Å²) in [5, 5.41) is 11.9. The maximum Gasteiger partial charge on any atom is 0.295 e. The Morgan fingerprint density at radius 1 is 1.16 bits per heavy atom. The molecular formula is C23H23ClN4O3. The number of nitrogens with zero attached hydrogens (tertiary/aromatic N) is 4. The fraction of sp³-hybridized carbons (Fsp3) is 0.261. The number of pyridine rings is 1. The standard InChI is InChI=1S/C23H23ClN4O3/c1-14-19(27-11-5-4-6-17(27)25-14)21(29)18-20(15-7-9-16(24)10-8-15)28(13-12-26(2)3)23(31)22(18)30/h4-11,20,29H,12-13H2,1-3H3/b21-18+/t20-/m0/s1. The van der Waals surface area contributed by atoms with E-state index in [1.165, 1.54) is 4.90 Å². The van der Waals surface area contributed by atoms with E-state index in [2.05, 4.69) is 4.98 Å². The van der Waals surface area contributed by atoms with Crippen molar-refractivity contribution >= 4 is 34.7 Å². The van der Waals surface area contributed by atoms with Gasteiger partial charge in [0.05, 0.1) is 17.3 Å². The number of hydrogen-bond acceptors (Lipinski definition) is 5. The van der Waals surface area contributed by atoms with Gasteiger partial charge in [0, 0.05) is 24.3 Å². The van der Waals surface area contributed by atoms with E-state index in [9.17, 15) is 14.7 Å². The van der Waals surface area contributed by atoms with Gasteiger partial charge in [-0.1, -0.05) is 29.8 Å². The third-order valence-electron chi connectivity index (χ3n) is 5.44. The largest absolute Gasteiger partial charge is 0.505 e. The first-order valence-electron chi connectivity index (χ1n) is 9.92. The number of fused-ring (bicyclic) bond motifs is 1. The van der Waals surface area contributed by atoms with E-state index in [0.717, 1.165) is 0 Å². The number of benzene rings is 1. The first kappa shape index (κ1) is 21.1. The van der Waals surface area contributed by atoms with E-state index in [1.54, 1.807) is 41.8 Å². The molecule has 0 saturated carbocycles. The second kappa shape index (κ2) is 8.17. The number of hydrogen-bond donors (Lipinski definition) is 1. The van der Waals surface area contributed by atoms with E-state index in [4.69, 9.17) is 11.6 Å². The predicted octanol–water partition coefficient (Wildman–Crippen LogP) is 3.28. The molecule has 0 spiro atoms. The molecule has 0 aliphatic carbocycles. The molecule has 0 radical (unpaired) electrons. The van der Waals surface area contributed by atoms with E-state index in [1.807, 2.05) is 37.2 Å². The lowest BCUT2D eigenvalue weighted by atomic mass is 9.96. The van der Waals surface area contributed by atoms with Crippen molar-refractivity contribution in [1.82, 2.24) is 19.2 Å². The average molecular weight is 439 g/mol. The number of amides is 1. The Morgan fingerprint density at radius 2 is 1.87 bits per heavy atom. The van der Waals surface area contributed by atoms with Crippen LogP contribution in [-0.2, 0) is 9.59 Å². The summed E-state index contributed by atoms with van der Waals surface area (Å²) in [6, 6.07) is 11.7. The fourth-order valence-corrected chi connectivity index (χ4v) is 4.06. The summed E-state index contributed by atoms with van der Waals surface area (Å²) < 4.78 is 1.72. The lowest BCUT2D eigenvalue weighted by Gasteiger charge is -2.26. The number of aryl methyl sites for hydroxylation is 1. The van der Waals surface area contributed by atoms with Crippen molar-refractivity contribution in [3.8, 4) is 0 Å². The molecule has 31 heavy (non-hydrogen) atoms. The van der Waals surface area contributed by atoms with Crippen LogP contribution >= 0.6 is 11.6 Å². The normalized spacial score (nSPS) is 18.5. The molecule has 160 valence electrons. The van der Waals surface area contributed by atoms with Crippen molar-refractivity contribution in [3.05, 3.63) is 76.2 Å². The summed E-state index contributed by atoms with van der Waals surface area (Å²) in [4.78, 5) is 34.0. The number of halogens is 1. The van der Waals surface area contributed by atoms with Crippen molar-refractivity contribution in [2.45, 2.75) is 13.0 Å². The van der Waals surface area contributed by atoms with Crippen LogP contribution in [0.1, 0.15) is 23.0 Å². The number of imidazole rings is 1. The highest BCUT2D eigenvalue weighted by molar-refractivity contribution is 6.46. The molecule has 1 atom stereocenters. The number of likely N-dealkylation sites (tertiary alicyclic amines) is 1. The van der Waals surface area contributed by atoms with E-state index in [-0.39, 0.29) is 11.3 Å². The fourth-order valence-electron chi connectivity index (χ4n) is 3.94. The molecule has 1 fully saturated rings. The van der Waals surface area contributed by atoms with Gasteiger partial charge in [-0.2, -0.15) is 0 Å². The minimum atomic E-state index is -0.717. The minimum Gasteiger partial charge on any atom is -0.505 e. The molecule has 1 aliphatic rings. The van der Waals surface area contributed by atoms with Crippen molar-refractivity contribution in [2.75, 3.05) is 27.2 Å². The summed E-state index contributed by atoms with van der Waals surface area (Å²) in [5.41, 5.74) is 2.37. The van der Waals surface area contributed by atoms with Crippen LogP contribution in [0, 0.1) is 6.92 Å². The van der Waals surface area contributed by atoms with Gasteiger partial charge in [0.1, 0.15) is 11.3 Å². The molecule has 8 heteroatoms. The lowest BCUT2D eigenvalue weighted by molar-refractivity contribution is -0.140. The summed E-state index contributed by atoms with van der Waals surface area (Å²) >= 11 is 6.05.